The Morgan fingerprint density at radius 3 is 2.54 bits per heavy atom. The Kier molecular flexibility index (Phi) is 3.72. The second-order valence-electron chi connectivity index (χ2n) is 3.87. The average molecular weight is 185 g/mol. The average Bonchev–Trinajstić information content (AvgIpc) is 2.00. The third-order valence-electron chi connectivity index (χ3n) is 2.85. The van der Waals surface area contributed by atoms with Crippen molar-refractivity contribution in [3.63, 3.8) is 0 Å². The molecule has 0 aromatic carbocycles. The molecule has 1 fully saturated rings. The molecule has 1 saturated heterocycles. The number of carbonyl (C=O) groups is 1. The number of hydrogen-bond donors (Lipinski definition) is 1. The highest BCUT2D eigenvalue weighted by Crippen LogP contribution is 2.23. The Balaban J connectivity index is 2.35. The van der Waals surface area contributed by atoms with E-state index < -0.39 is 5.97 Å². The molecule has 0 amide bonds. The largest absolute Gasteiger partial charge is 0.480 e. The lowest BCUT2D eigenvalue weighted by molar-refractivity contribution is -0.146. The van der Waals surface area contributed by atoms with E-state index in [2.05, 4.69) is 11.8 Å². The van der Waals surface area contributed by atoms with Gasteiger partial charge in [0.2, 0.25) is 0 Å². The van der Waals surface area contributed by atoms with Crippen LogP contribution in [0, 0.1) is 5.92 Å². The van der Waals surface area contributed by atoms with Gasteiger partial charge in [0.05, 0.1) is 0 Å². The van der Waals surface area contributed by atoms with E-state index >= 15 is 0 Å². The summed E-state index contributed by atoms with van der Waals surface area (Å²) in [7, 11) is 0. The number of rotatable bonds is 5. The van der Waals surface area contributed by atoms with E-state index in [1.807, 2.05) is 6.92 Å². The van der Waals surface area contributed by atoms with Crippen molar-refractivity contribution in [1.82, 2.24) is 4.90 Å². The van der Waals surface area contributed by atoms with Crippen molar-refractivity contribution in [3.05, 3.63) is 0 Å². The molecule has 3 nitrogen and oxygen atoms in total. The maximum Gasteiger partial charge on any atom is 0.320 e. The van der Waals surface area contributed by atoms with Crippen molar-refractivity contribution in [2.24, 2.45) is 5.92 Å². The molecule has 0 radical (unpaired) electrons. The minimum Gasteiger partial charge on any atom is -0.480 e. The van der Waals surface area contributed by atoms with Crippen molar-refractivity contribution in [3.8, 4) is 0 Å². The van der Waals surface area contributed by atoms with Gasteiger partial charge >= 0.3 is 5.97 Å². The number of likely N-dealkylation sites (tertiary alicyclic amines) is 1. The summed E-state index contributed by atoms with van der Waals surface area (Å²) >= 11 is 0. The van der Waals surface area contributed by atoms with Gasteiger partial charge in [0.25, 0.3) is 0 Å². The van der Waals surface area contributed by atoms with Crippen molar-refractivity contribution >= 4 is 5.97 Å². The highest BCUT2D eigenvalue weighted by molar-refractivity contribution is 5.73. The zero-order chi connectivity index (χ0) is 9.84. The van der Waals surface area contributed by atoms with Gasteiger partial charge in [0, 0.05) is 13.1 Å². The third kappa shape index (κ3) is 2.44. The summed E-state index contributed by atoms with van der Waals surface area (Å²) in [6, 6.07) is -0.229. The number of hydrogen-bond acceptors (Lipinski definition) is 2. The molecule has 76 valence electrons. The zero-order valence-corrected chi connectivity index (χ0v) is 8.49. The van der Waals surface area contributed by atoms with Crippen LogP contribution in [0.4, 0.5) is 0 Å². The smallest absolute Gasteiger partial charge is 0.320 e. The van der Waals surface area contributed by atoms with Crippen LogP contribution in [-0.4, -0.2) is 35.1 Å². The van der Waals surface area contributed by atoms with Crippen molar-refractivity contribution in [2.75, 3.05) is 13.1 Å². The minimum absolute atomic E-state index is 0.229. The fraction of sp³-hybridized carbons (Fsp3) is 0.900. The first-order chi connectivity index (χ1) is 6.19. The van der Waals surface area contributed by atoms with Crippen LogP contribution in [0.15, 0.2) is 0 Å². The SMILES string of the molecule is CCCC(C(=O)O)N1CC(CC)C1. The predicted molar refractivity (Wildman–Crippen MR) is 51.7 cm³/mol. The first-order valence-corrected chi connectivity index (χ1v) is 5.15. The summed E-state index contributed by atoms with van der Waals surface area (Å²) in [5.74, 6) is 0.0788. The first kappa shape index (κ1) is 10.5. The molecule has 1 aliphatic heterocycles. The van der Waals surface area contributed by atoms with Crippen molar-refractivity contribution in [2.45, 2.75) is 39.2 Å². The van der Waals surface area contributed by atoms with Crippen LogP contribution in [0.25, 0.3) is 0 Å². The highest BCUT2D eigenvalue weighted by atomic mass is 16.4. The molecular formula is C10H19NO2. The van der Waals surface area contributed by atoms with E-state index in [9.17, 15) is 4.79 Å². The van der Waals surface area contributed by atoms with Crippen LogP contribution < -0.4 is 0 Å². The Labute approximate surface area is 79.7 Å². The fourth-order valence-electron chi connectivity index (χ4n) is 1.86. The van der Waals surface area contributed by atoms with Crippen LogP contribution in [0.2, 0.25) is 0 Å². The first-order valence-electron chi connectivity index (χ1n) is 5.15. The lowest BCUT2D eigenvalue weighted by Gasteiger charge is -2.42. The van der Waals surface area contributed by atoms with Crippen molar-refractivity contribution in [1.29, 1.82) is 0 Å². The molecule has 0 aromatic rings. The van der Waals surface area contributed by atoms with Gasteiger partial charge in [-0.05, 0) is 12.3 Å². The molecule has 0 aliphatic carbocycles. The van der Waals surface area contributed by atoms with E-state index in [0.29, 0.717) is 0 Å². The van der Waals surface area contributed by atoms with Crippen molar-refractivity contribution < 1.29 is 9.90 Å². The number of nitrogens with zero attached hydrogens (tertiary/aromatic N) is 1. The number of aliphatic carboxylic acids is 1. The quantitative estimate of drug-likeness (QED) is 0.707. The summed E-state index contributed by atoms with van der Waals surface area (Å²) < 4.78 is 0. The predicted octanol–water partition coefficient (Wildman–Crippen LogP) is 1.58. The van der Waals surface area contributed by atoms with Gasteiger partial charge in [-0.3, -0.25) is 9.69 Å². The van der Waals surface area contributed by atoms with Crippen LogP contribution in [-0.2, 0) is 4.79 Å². The van der Waals surface area contributed by atoms with Crippen LogP contribution in [0.3, 0.4) is 0 Å². The molecule has 0 bridgehead atoms. The molecule has 0 aromatic heterocycles. The molecule has 1 aliphatic rings. The number of carboxylic acids is 1. The highest BCUT2D eigenvalue weighted by Gasteiger charge is 2.34. The van der Waals surface area contributed by atoms with Crippen LogP contribution >= 0.6 is 0 Å². The van der Waals surface area contributed by atoms with Gasteiger partial charge in [0.15, 0.2) is 0 Å². The lowest BCUT2D eigenvalue weighted by atomic mass is 9.94. The maximum absolute atomic E-state index is 10.9. The Bertz CT molecular complexity index is 176. The molecular weight excluding hydrogens is 166 g/mol. The topological polar surface area (TPSA) is 40.5 Å². The summed E-state index contributed by atoms with van der Waals surface area (Å²) in [5.41, 5.74) is 0. The summed E-state index contributed by atoms with van der Waals surface area (Å²) in [6.07, 6.45) is 2.91. The molecule has 1 unspecified atom stereocenters. The summed E-state index contributed by atoms with van der Waals surface area (Å²) in [5, 5.41) is 8.96. The minimum atomic E-state index is -0.656. The van der Waals surface area contributed by atoms with E-state index in [1.54, 1.807) is 0 Å². The van der Waals surface area contributed by atoms with Gasteiger partial charge in [-0.25, -0.2) is 0 Å². The molecule has 0 spiro atoms. The molecule has 0 saturated carbocycles. The van der Waals surface area contributed by atoms with E-state index in [0.717, 1.165) is 31.8 Å². The normalized spacial score (nSPS) is 21.1. The molecule has 3 heteroatoms. The van der Waals surface area contributed by atoms with E-state index in [-0.39, 0.29) is 6.04 Å². The van der Waals surface area contributed by atoms with E-state index in [4.69, 9.17) is 5.11 Å². The standard InChI is InChI=1S/C10H19NO2/c1-3-5-9(10(12)13)11-6-8(4-2)7-11/h8-9H,3-7H2,1-2H3,(H,12,13). The summed E-state index contributed by atoms with van der Waals surface area (Å²) in [4.78, 5) is 13.0. The van der Waals surface area contributed by atoms with Gasteiger partial charge in [-0.2, -0.15) is 0 Å². The fourth-order valence-corrected chi connectivity index (χ4v) is 1.86. The second-order valence-corrected chi connectivity index (χ2v) is 3.87. The Morgan fingerprint density at radius 1 is 1.54 bits per heavy atom. The molecule has 1 rings (SSSR count). The Hall–Kier alpha value is -0.570. The third-order valence-corrected chi connectivity index (χ3v) is 2.85. The molecule has 1 heterocycles. The zero-order valence-electron chi connectivity index (χ0n) is 8.49. The monoisotopic (exact) mass is 185 g/mol. The second kappa shape index (κ2) is 4.61. The molecule has 13 heavy (non-hydrogen) atoms. The van der Waals surface area contributed by atoms with E-state index in [1.165, 1.54) is 6.42 Å². The lowest BCUT2D eigenvalue weighted by Crippen LogP contribution is -2.54. The van der Waals surface area contributed by atoms with Gasteiger partial charge < -0.3 is 5.11 Å². The van der Waals surface area contributed by atoms with Gasteiger partial charge in [-0.1, -0.05) is 26.7 Å². The van der Waals surface area contributed by atoms with Gasteiger partial charge in [-0.15, -0.1) is 0 Å². The molecule has 1 atom stereocenters. The van der Waals surface area contributed by atoms with Crippen LogP contribution in [0.1, 0.15) is 33.1 Å². The van der Waals surface area contributed by atoms with Crippen LogP contribution in [0.5, 0.6) is 0 Å². The maximum atomic E-state index is 10.9. The molecule has 1 N–H and O–H groups in total. The summed E-state index contributed by atoms with van der Waals surface area (Å²) in [6.45, 7) is 6.16. The Morgan fingerprint density at radius 2 is 2.15 bits per heavy atom. The number of carboxylic acid groups (broad SMARTS) is 1. The van der Waals surface area contributed by atoms with Gasteiger partial charge in [0.1, 0.15) is 6.04 Å².